The Kier molecular flexibility index (Phi) is 8.97. The Morgan fingerprint density at radius 1 is 1.22 bits per heavy atom. The van der Waals surface area contributed by atoms with E-state index in [9.17, 15) is 4.79 Å². The molecule has 0 heterocycles. The van der Waals surface area contributed by atoms with E-state index in [2.05, 4.69) is 27.5 Å². The Bertz CT molecular complexity index is 529. The fourth-order valence-corrected chi connectivity index (χ4v) is 1.85. The molecule has 0 saturated carbocycles. The monoisotopic (exact) mass is 318 g/mol. The number of carbonyl (C=O) groups is 1. The number of ether oxygens (including phenoxy) is 1. The van der Waals surface area contributed by atoms with Crippen LogP contribution < -0.4 is 20.7 Å². The van der Waals surface area contributed by atoms with Crippen molar-refractivity contribution in [1.82, 2.24) is 16.0 Å². The van der Waals surface area contributed by atoms with Crippen molar-refractivity contribution in [3.8, 4) is 5.75 Å². The van der Waals surface area contributed by atoms with E-state index in [1.807, 2.05) is 38.1 Å². The first kappa shape index (κ1) is 18.5. The van der Waals surface area contributed by atoms with Crippen LogP contribution in [0.5, 0.6) is 5.75 Å². The fourth-order valence-electron chi connectivity index (χ4n) is 1.85. The highest BCUT2D eigenvalue weighted by molar-refractivity contribution is 5.86. The topological polar surface area (TPSA) is 74.8 Å². The molecular formula is C17H26N4O2. The number of likely N-dealkylation sites (N-methyl/N-ethyl adjacent to an activating group) is 1. The first-order chi connectivity index (χ1) is 11.2. The minimum Gasteiger partial charge on any atom is -0.489 e. The number of hydrogen-bond donors (Lipinski definition) is 3. The van der Waals surface area contributed by atoms with E-state index in [0.717, 1.165) is 17.9 Å². The Morgan fingerprint density at radius 2 is 1.96 bits per heavy atom. The molecule has 0 saturated heterocycles. The number of para-hydroxylation sites is 1. The van der Waals surface area contributed by atoms with Crippen molar-refractivity contribution in [3.05, 3.63) is 42.5 Å². The van der Waals surface area contributed by atoms with Gasteiger partial charge in [-0.25, -0.2) is 4.99 Å². The van der Waals surface area contributed by atoms with Crippen molar-refractivity contribution in [1.29, 1.82) is 0 Å². The minimum atomic E-state index is -0.0622. The van der Waals surface area contributed by atoms with Crippen molar-refractivity contribution in [2.75, 3.05) is 26.2 Å². The molecule has 0 aliphatic carbocycles. The molecule has 1 amide bonds. The van der Waals surface area contributed by atoms with Gasteiger partial charge in [0.1, 0.15) is 12.4 Å². The van der Waals surface area contributed by atoms with Gasteiger partial charge in [-0.2, -0.15) is 0 Å². The fraction of sp³-hybridized carbons (Fsp3) is 0.412. The lowest BCUT2D eigenvalue weighted by molar-refractivity contribution is -0.119. The summed E-state index contributed by atoms with van der Waals surface area (Å²) in [5, 5.41) is 8.86. The average molecular weight is 318 g/mol. The maximum Gasteiger partial charge on any atom is 0.239 e. The van der Waals surface area contributed by atoms with Gasteiger partial charge in [-0.1, -0.05) is 30.9 Å². The zero-order valence-corrected chi connectivity index (χ0v) is 13.9. The molecule has 0 spiro atoms. The van der Waals surface area contributed by atoms with Gasteiger partial charge < -0.3 is 20.7 Å². The molecule has 1 rings (SSSR count). The van der Waals surface area contributed by atoms with Crippen LogP contribution in [0.15, 0.2) is 41.9 Å². The number of benzene rings is 1. The molecule has 0 aliphatic heterocycles. The van der Waals surface area contributed by atoms with Crippen molar-refractivity contribution in [2.24, 2.45) is 4.99 Å². The summed E-state index contributed by atoms with van der Waals surface area (Å²) < 4.78 is 5.62. The van der Waals surface area contributed by atoms with Crippen molar-refractivity contribution in [2.45, 2.75) is 20.4 Å². The number of carbonyl (C=O) groups excluding carboxylic acids is 1. The number of hydrogen-bond acceptors (Lipinski definition) is 3. The van der Waals surface area contributed by atoms with Crippen LogP contribution in [0.4, 0.5) is 0 Å². The van der Waals surface area contributed by atoms with E-state index < -0.39 is 0 Å². The lowest BCUT2D eigenvalue weighted by Gasteiger charge is -2.12. The molecule has 0 unspecified atom stereocenters. The summed E-state index contributed by atoms with van der Waals surface area (Å²) in [5.74, 6) is 1.32. The third-order valence-electron chi connectivity index (χ3n) is 2.87. The molecule has 0 bridgehead atoms. The molecule has 0 fully saturated rings. The molecule has 1 aromatic carbocycles. The summed E-state index contributed by atoms with van der Waals surface area (Å²) in [6.45, 7) is 9.94. The molecule has 0 radical (unpaired) electrons. The van der Waals surface area contributed by atoms with Gasteiger partial charge in [0.15, 0.2) is 5.96 Å². The largest absolute Gasteiger partial charge is 0.489 e. The highest BCUT2D eigenvalue weighted by Crippen LogP contribution is 2.18. The van der Waals surface area contributed by atoms with Gasteiger partial charge in [-0.15, -0.1) is 0 Å². The summed E-state index contributed by atoms with van der Waals surface area (Å²) in [5.41, 5.74) is 0.976. The third kappa shape index (κ3) is 7.35. The molecule has 1 aromatic rings. The Labute approximate surface area is 138 Å². The summed E-state index contributed by atoms with van der Waals surface area (Å²) in [6, 6.07) is 7.74. The molecule has 23 heavy (non-hydrogen) atoms. The van der Waals surface area contributed by atoms with E-state index in [1.54, 1.807) is 6.08 Å². The first-order valence-corrected chi connectivity index (χ1v) is 7.81. The third-order valence-corrected chi connectivity index (χ3v) is 2.87. The zero-order chi connectivity index (χ0) is 16.9. The highest BCUT2D eigenvalue weighted by Gasteiger charge is 2.04. The zero-order valence-electron chi connectivity index (χ0n) is 13.9. The smallest absolute Gasteiger partial charge is 0.239 e. The van der Waals surface area contributed by atoms with Gasteiger partial charge in [-0.05, 0) is 19.9 Å². The summed E-state index contributed by atoms with van der Waals surface area (Å²) in [7, 11) is 0. The quantitative estimate of drug-likeness (QED) is 0.366. The number of nitrogens with one attached hydrogen (secondary N) is 3. The molecule has 6 nitrogen and oxygen atoms in total. The maximum absolute atomic E-state index is 11.5. The van der Waals surface area contributed by atoms with Crippen molar-refractivity contribution in [3.63, 3.8) is 0 Å². The highest BCUT2D eigenvalue weighted by atomic mass is 16.5. The predicted molar refractivity (Wildman–Crippen MR) is 93.6 cm³/mol. The minimum absolute atomic E-state index is 0.0622. The van der Waals surface area contributed by atoms with E-state index in [-0.39, 0.29) is 12.5 Å². The summed E-state index contributed by atoms with van der Waals surface area (Å²) in [6.07, 6.45) is 1.71. The molecule has 0 aromatic heterocycles. The summed E-state index contributed by atoms with van der Waals surface area (Å²) >= 11 is 0. The number of nitrogens with zero attached hydrogens (tertiary/aromatic N) is 1. The van der Waals surface area contributed by atoms with Crippen LogP contribution in [0.25, 0.3) is 0 Å². The number of aliphatic imine (C=N–C) groups is 1. The van der Waals surface area contributed by atoms with Crippen LogP contribution >= 0.6 is 0 Å². The first-order valence-electron chi connectivity index (χ1n) is 7.81. The number of amides is 1. The van der Waals surface area contributed by atoms with Gasteiger partial charge in [0.05, 0.1) is 13.1 Å². The lowest BCUT2D eigenvalue weighted by Crippen LogP contribution is -2.43. The Morgan fingerprint density at radius 3 is 2.65 bits per heavy atom. The van der Waals surface area contributed by atoms with E-state index >= 15 is 0 Å². The molecule has 0 aliphatic rings. The second-order valence-corrected chi connectivity index (χ2v) is 4.71. The lowest BCUT2D eigenvalue weighted by atomic mass is 10.2. The van der Waals surface area contributed by atoms with Gasteiger partial charge >= 0.3 is 0 Å². The number of guanidine groups is 1. The SMILES string of the molecule is C=CCOc1ccccc1CN=C(NCC)NCC(=O)NCC. The molecular weight excluding hydrogens is 292 g/mol. The molecule has 6 heteroatoms. The summed E-state index contributed by atoms with van der Waals surface area (Å²) in [4.78, 5) is 16.0. The maximum atomic E-state index is 11.5. The van der Waals surface area contributed by atoms with Crippen LogP contribution in [0.2, 0.25) is 0 Å². The second-order valence-electron chi connectivity index (χ2n) is 4.71. The number of rotatable bonds is 9. The van der Waals surface area contributed by atoms with Gasteiger partial charge in [0.25, 0.3) is 0 Å². The average Bonchev–Trinajstić information content (AvgIpc) is 2.56. The Hall–Kier alpha value is -2.50. The van der Waals surface area contributed by atoms with Crippen LogP contribution in [-0.2, 0) is 11.3 Å². The van der Waals surface area contributed by atoms with E-state index in [4.69, 9.17) is 4.74 Å². The van der Waals surface area contributed by atoms with Crippen LogP contribution in [0.3, 0.4) is 0 Å². The molecule has 3 N–H and O–H groups in total. The standard InChI is InChI=1S/C17H26N4O2/c1-4-11-23-15-10-8-7-9-14(15)12-20-17(19-6-3)21-13-16(22)18-5-2/h4,7-10H,1,5-6,11-13H2,2-3H3,(H,18,22)(H2,19,20,21). The van der Waals surface area contributed by atoms with Crippen LogP contribution in [0.1, 0.15) is 19.4 Å². The van der Waals surface area contributed by atoms with Crippen molar-refractivity contribution >= 4 is 11.9 Å². The predicted octanol–water partition coefficient (Wildman–Crippen LogP) is 1.44. The molecule has 0 atom stereocenters. The second kappa shape index (κ2) is 11.1. The van der Waals surface area contributed by atoms with Gasteiger partial charge in [0.2, 0.25) is 5.91 Å². The van der Waals surface area contributed by atoms with Crippen LogP contribution in [0, 0.1) is 0 Å². The van der Waals surface area contributed by atoms with Gasteiger partial charge in [0, 0.05) is 18.7 Å². The van der Waals surface area contributed by atoms with E-state index in [0.29, 0.717) is 25.7 Å². The van der Waals surface area contributed by atoms with Crippen molar-refractivity contribution < 1.29 is 9.53 Å². The Balaban J connectivity index is 2.69. The normalized spacial score (nSPS) is 10.8. The van der Waals surface area contributed by atoms with Crippen LogP contribution in [-0.4, -0.2) is 38.1 Å². The molecule has 126 valence electrons. The van der Waals surface area contributed by atoms with E-state index in [1.165, 1.54) is 0 Å². The van der Waals surface area contributed by atoms with Gasteiger partial charge in [-0.3, -0.25) is 4.79 Å².